The van der Waals surface area contributed by atoms with Crippen LogP contribution in [0.5, 0.6) is 0 Å². The summed E-state index contributed by atoms with van der Waals surface area (Å²) in [7, 11) is 1.59. The highest BCUT2D eigenvalue weighted by Gasteiger charge is 2.14. The number of carboxylic acid groups (broad SMARTS) is 1. The molecule has 1 aromatic carbocycles. The van der Waals surface area contributed by atoms with E-state index in [1.807, 2.05) is 22.8 Å². The molecule has 1 aromatic heterocycles. The van der Waals surface area contributed by atoms with Crippen molar-refractivity contribution in [1.82, 2.24) is 14.9 Å². The Morgan fingerprint density at radius 2 is 2.24 bits per heavy atom. The first-order valence-corrected chi connectivity index (χ1v) is 8.00. The summed E-state index contributed by atoms with van der Waals surface area (Å²) >= 11 is 4.56. The van der Waals surface area contributed by atoms with Gasteiger partial charge in [0.1, 0.15) is 0 Å². The summed E-state index contributed by atoms with van der Waals surface area (Å²) in [5.74, 6) is -1.03. The van der Waals surface area contributed by atoms with Gasteiger partial charge in [0.25, 0.3) is 0 Å². The number of aliphatic carboxylic acids is 1. The smallest absolute Gasteiger partial charge is 0.313 e. The fourth-order valence-electron chi connectivity index (χ4n) is 1.86. The number of thioether (sulfide) groups is 1. The van der Waals surface area contributed by atoms with Crippen LogP contribution in [0.1, 0.15) is 6.42 Å². The van der Waals surface area contributed by atoms with Gasteiger partial charge < -0.3 is 15.0 Å². The SMILES string of the molecule is CNC(=O)CCn1c(SCC(=O)O)nc2ccc(Br)cc21. The van der Waals surface area contributed by atoms with E-state index in [1.165, 1.54) is 0 Å². The summed E-state index contributed by atoms with van der Waals surface area (Å²) in [6.07, 6.45) is 0.315. The van der Waals surface area contributed by atoms with Crippen LogP contribution in [0, 0.1) is 0 Å². The largest absolute Gasteiger partial charge is 0.481 e. The molecule has 1 heterocycles. The predicted octanol–water partition coefficient (Wildman–Crippen LogP) is 2.11. The number of imidazole rings is 1. The van der Waals surface area contributed by atoms with E-state index >= 15 is 0 Å². The van der Waals surface area contributed by atoms with E-state index in [0.717, 1.165) is 27.3 Å². The van der Waals surface area contributed by atoms with E-state index in [2.05, 4.69) is 26.2 Å². The highest BCUT2D eigenvalue weighted by molar-refractivity contribution is 9.10. The minimum atomic E-state index is -0.897. The average Bonchev–Trinajstić information content (AvgIpc) is 2.79. The summed E-state index contributed by atoms with van der Waals surface area (Å²) in [6.45, 7) is 0.453. The maximum atomic E-state index is 11.4. The maximum Gasteiger partial charge on any atom is 0.313 e. The molecule has 6 nitrogen and oxygen atoms in total. The Labute approximate surface area is 134 Å². The van der Waals surface area contributed by atoms with Crippen LogP contribution in [-0.4, -0.2) is 39.3 Å². The molecule has 0 atom stereocenters. The number of nitrogens with one attached hydrogen (secondary N) is 1. The van der Waals surface area contributed by atoms with Crippen LogP contribution < -0.4 is 5.32 Å². The number of fused-ring (bicyclic) bond motifs is 1. The van der Waals surface area contributed by atoms with E-state index in [0.29, 0.717) is 18.1 Å². The summed E-state index contributed by atoms with van der Waals surface area (Å²) in [5.41, 5.74) is 1.66. The number of benzene rings is 1. The number of nitrogens with zero attached hydrogens (tertiary/aromatic N) is 2. The van der Waals surface area contributed by atoms with Gasteiger partial charge in [-0.3, -0.25) is 9.59 Å². The minimum Gasteiger partial charge on any atom is -0.481 e. The molecule has 21 heavy (non-hydrogen) atoms. The standard InChI is InChI=1S/C13H14BrN3O3S/c1-15-11(18)4-5-17-10-6-8(14)2-3-9(10)16-13(17)21-7-12(19)20/h2-3,6H,4-5,7H2,1H3,(H,15,18)(H,19,20). The van der Waals surface area contributed by atoms with Gasteiger partial charge in [-0.15, -0.1) is 0 Å². The van der Waals surface area contributed by atoms with Gasteiger partial charge in [0.05, 0.1) is 16.8 Å². The normalized spacial score (nSPS) is 10.8. The lowest BCUT2D eigenvalue weighted by Gasteiger charge is -2.07. The van der Waals surface area contributed by atoms with Crippen molar-refractivity contribution in [2.45, 2.75) is 18.1 Å². The van der Waals surface area contributed by atoms with Crippen LogP contribution >= 0.6 is 27.7 Å². The Morgan fingerprint density at radius 1 is 1.48 bits per heavy atom. The van der Waals surface area contributed by atoms with Crippen molar-refractivity contribution in [1.29, 1.82) is 0 Å². The van der Waals surface area contributed by atoms with Gasteiger partial charge in [0, 0.05) is 24.5 Å². The van der Waals surface area contributed by atoms with Crippen LogP contribution in [0.3, 0.4) is 0 Å². The lowest BCUT2D eigenvalue weighted by Crippen LogP contribution is -2.19. The number of rotatable bonds is 6. The first-order chi connectivity index (χ1) is 10.0. The Balaban J connectivity index is 2.35. The number of carbonyl (C=O) groups excluding carboxylic acids is 1. The number of aromatic nitrogens is 2. The molecule has 0 aliphatic carbocycles. The minimum absolute atomic E-state index is 0.0650. The van der Waals surface area contributed by atoms with Crippen molar-refractivity contribution in [3.8, 4) is 0 Å². The van der Waals surface area contributed by atoms with Crippen LogP contribution in [0.25, 0.3) is 11.0 Å². The van der Waals surface area contributed by atoms with Crippen molar-refractivity contribution in [2.75, 3.05) is 12.8 Å². The Bertz CT molecular complexity index is 687. The second-order valence-corrected chi connectivity index (χ2v) is 6.14. The molecule has 0 aliphatic heterocycles. The monoisotopic (exact) mass is 371 g/mol. The second-order valence-electron chi connectivity index (χ2n) is 4.28. The molecule has 0 spiro atoms. The first kappa shape index (κ1) is 15.8. The topological polar surface area (TPSA) is 84.2 Å². The molecule has 0 saturated heterocycles. The van der Waals surface area contributed by atoms with Gasteiger partial charge in [0.15, 0.2) is 5.16 Å². The zero-order chi connectivity index (χ0) is 15.4. The molecule has 1 amide bonds. The summed E-state index contributed by atoms with van der Waals surface area (Å²) in [6, 6.07) is 5.65. The number of amides is 1. The molecule has 0 aliphatic rings. The Hall–Kier alpha value is -1.54. The molecular weight excluding hydrogens is 358 g/mol. The highest BCUT2D eigenvalue weighted by atomic mass is 79.9. The van der Waals surface area contributed by atoms with Crippen LogP contribution in [0.15, 0.2) is 27.8 Å². The number of carbonyl (C=O) groups is 2. The van der Waals surface area contributed by atoms with Crippen LogP contribution in [0.2, 0.25) is 0 Å². The molecule has 0 unspecified atom stereocenters. The van der Waals surface area contributed by atoms with Crippen molar-refractivity contribution >= 4 is 50.6 Å². The first-order valence-electron chi connectivity index (χ1n) is 6.22. The molecule has 112 valence electrons. The molecule has 2 aromatic rings. The fraction of sp³-hybridized carbons (Fsp3) is 0.308. The van der Waals surface area contributed by atoms with Gasteiger partial charge in [-0.05, 0) is 18.2 Å². The molecule has 0 fully saturated rings. The lowest BCUT2D eigenvalue weighted by molar-refractivity contribution is -0.134. The second kappa shape index (κ2) is 6.95. The summed E-state index contributed by atoms with van der Waals surface area (Å²) < 4.78 is 2.79. The van der Waals surface area contributed by atoms with Gasteiger partial charge >= 0.3 is 5.97 Å². The third-order valence-corrected chi connectivity index (χ3v) is 4.30. The van der Waals surface area contributed by atoms with E-state index in [4.69, 9.17) is 5.11 Å². The number of carboxylic acids is 1. The Morgan fingerprint density at radius 3 is 2.90 bits per heavy atom. The number of hydrogen-bond donors (Lipinski definition) is 2. The third-order valence-electron chi connectivity index (χ3n) is 2.84. The van der Waals surface area contributed by atoms with E-state index in [-0.39, 0.29) is 11.7 Å². The van der Waals surface area contributed by atoms with E-state index in [9.17, 15) is 9.59 Å². The highest BCUT2D eigenvalue weighted by Crippen LogP contribution is 2.26. The predicted molar refractivity (Wildman–Crippen MR) is 84.5 cm³/mol. The van der Waals surface area contributed by atoms with Crippen molar-refractivity contribution in [3.05, 3.63) is 22.7 Å². The van der Waals surface area contributed by atoms with Gasteiger partial charge in [-0.1, -0.05) is 27.7 Å². The quantitative estimate of drug-likeness (QED) is 0.759. The molecule has 0 saturated carbocycles. The zero-order valence-electron chi connectivity index (χ0n) is 11.3. The molecule has 0 radical (unpaired) electrons. The average molecular weight is 372 g/mol. The van der Waals surface area contributed by atoms with E-state index in [1.54, 1.807) is 7.05 Å². The molecular formula is C13H14BrN3O3S. The van der Waals surface area contributed by atoms with E-state index < -0.39 is 5.97 Å². The molecule has 2 rings (SSSR count). The lowest BCUT2D eigenvalue weighted by atomic mass is 10.3. The Kier molecular flexibility index (Phi) is 5.24. The fourth-order valence-corrected chi connectivity index (χ4v) is 2.97. The third kappa shape index (κ3) is 3.98. The van der Waals surface area contributed by atoms with Crippen molar-refractivity contribution < 1.29 is 14.7 Å². The molecule has 0 bridgehead atoms. The van der Waals surface area contributed by atoms with Crippen molar-refractivity contribution in [3.63, 3.8) is 0 Å². The van der Waals surface area contributed by atoms with Crippen LogP contribution in [-0.2, 0) is 16.1 Å². The summed E-state index contributed by atoms with van der Waals surface area (Å²) in [5, 5.41) is 12.0. The van der Waals surface area contributed by atoms with Crippen LogP contribution in [0.4, 0.5) is 0 Å². The van der Waals surface area contributed by atoms with Crippen molar-refractivity contribution in [2.24, 2.45) is 0 Å². The number of aryl methyl sites for hydroxylation is 1. The molecule has 2 N–H and O–H groups in total. The maximum absolute atomic E-state index is 11.4. The number of hydrogen-bond acceptors (Lipinski definition) is 4. The number of halogens is 1. The zero-order valence-corrected chi connectivity index (χ0v) is 13.7. The van der Waals surface area contributed by atoms with Gasteiger partial charge in [0.2, 0.25) is 5.91 Å². The van der Waals surface area contributed by atoms with Gasteiger partial charge in [-0.2, -0.15) is 0 Å². The molecule has 8 heteroatoms. The van der Waals surface area contributed by atoms with Gasteiger partial charge in [-0.25, -0.2) is 4.98 Å². The summed E-state index contributed by atoms with van der Waals surface area (Å²) in [4.78, 5) is 26.6.